The van der Waals surface area contributed by atoms with E-state index in [0.717, 1.165) is 10.4 Å². The Morgan fingerprint density at radius 1 is 1.05 bits per heavy atom. The maximum Gasteiger partial charge on any atom is 0.228 e. The smallest absolute Gasteiger partial charge is 0.228 e. The topological polar surface area (TPSA) is 103 Å². The highest BCUT2D eigenvalue weighted by molar-refractivity contribution is 14.1. The molecule has 2 N–H and O–H groups in total. The summed E-state index contributed by atoms with van der Waals surface area (Å²) in [5.41, 5.74) is -0.364. The van der Waals surface area contributed by atoms with E-state index in [1.165, 1.54) is 6.33 Å². The first-order chi connectivity index (χ1) is 17.7. The monoisotopic (exact) mass is 630 g/mol. The summed E-state index contributed by atoms with van der Waals surface area (Å²) in [6, 6.07) is 20.4. The van der Waals surface area contributed by atoms with Crippen molar-refractivity contribution < 1.29 is 19.7 Å². The van der Waals surface area contributed by atoms with Gasteiger partial charge in [-0.3, -0.25) is 0 Å². The maximum absolute atomic E-state index is 12.3. The lowest BCUT2D eigenvalue weighted by Gasteiger charge is -2.48. The highest BCUT2D eigenvalue weighted by Crippen LogP contribution is 2.43. The number of fused-ring (bicyclic) bond motifs is 1. The third kappa shape index (κ3) is 4.28. The van der Waals surface area contributed by atoms with Gasteiger partial charge in [0, 0.05) is 6.42 Å². The van der Waals surface area contributed by atoms with Crippen LogP contribution in [0, 0.1) is 3.70 Å². The first-order valence-corrected chi connectivity index (χ1v) is 15.4. The van der Waals surface area contributed by atoms with Crippen molar-refractivity contribution >= 4 is 52.1 Å². The molecule has 4 atom stereocenters. The van der Waals surface area contributed by atoms with Crippen LogP contribution in [0.4, 0.5) is 0 Å². The molecule has 1 aliphatic heterocycles. The fourth-order valence-electron chi connectivity index (χ4n) is 5.84. The lowest BCUT2D eigenvalue weighted by molar-refractivity contribution is -0.0631. The number of nitrogens with zero attached hydrogens (tertiary/aromatic N) is 4. The summed E-state index contributed by atoms with van der Waals surface area (Å²) in [6.07, 6.45) is -0.591. The lowest BCUT2D eigenvalue weighted by Crippen LogP contribution is -2.74. The van der Waals surface area contributed by atoms with Crippen molar-refractivity contribution in [1.29, 1.82) is 0 Å². The van der Waals surface area contributed by atoms with E-state index in [-0.39, 0.29) is 11.5 Å². The summed E-state index contributed by atoms with van der Waals surface area (Å²) >= 11 is 2.12. The standard InChI is InChI=1S/C27H31IN4O4Si/c1-27(2,3)37(17-11-7-5-8-12-17,18-13-9-6-10-14-18)26(34)22-19(33)15-20(36-22)32-24-21(23(28)31-32)25(35-4)30-16-29-24/h5-14,16,19-20,22,26,33-34H,15H2,1-4H3/t19-,20+,22-,26?/m0/s1. The number of methoxy groups -OCH3 is 1. The number of aliphatic hydroxyl groups is 2. The highest BCUT2D eigenvalue weighted by atomic mass is 127. The molecule has 0 bridgehead atoms. The Bertz CT molecular complexity index is 1340. The van der Waals surface area contributed by atoms with Crippen LogP contribution in [0.3, 0.4) is 0 Å². The van der Waals surface area contributed by atoms with Crippen LogP contribution in [-0.2, 0) is 4.74 Å². The molecule has 3 heterocycles. The summed E-state index contributed by atoms with van der Waals surface area (Å²) < 4.78 is 14.3. The van der Waals surface area contributed by atoms with Crippen molar-refractivity contribution in [2.45, 2.75) is 56.4 Å². The van der Waals surface area contributed by atoms with Gasteiger partial charge < -0.3 is 19.7 Å². The Kier molecular flexibility index (Phi) is 7.13. The van der Waals surface area contributed by atoms with Crippen LogP contribution in [0.25, 0.3) is 11.0 Å². The second kappa shape index (κ2) is 10.1. The first kappa shape index (κ1) is 26.2. The van der Waals surface area contributed by atoms with E-state index in [2.05, 4.69) is 82.7 Å². The quantitative estimate of drug-likeness (QED) is 0.250. The number of rotatable bonds is 6. The molecule has 2 aromatic carbocycles. The average Bonchev–Trinajstić information content (AvgIpc) is 3.44. The van der Waals surface area contributed by atoms with Crippen LogP contribution >= 0.6 is 22.6 Å². The van der Waals surface area contributed by atoms with Gasteiger partial charge in [0.05, 0.1) is 18.9 Å². The Labute approximate surface area is 230 Å². The van der Waals surface area contributed by atoms with Crippen LogP contribution in [0.2, 0.25) is 5.04 Å². The molecule has 1 saturated heterocycles. The van der Waals surface area contributed by atoms with E-state index in [1.807, 2.05) is 36.4 Å². The molecule has 4 aromatic rings. The van der Waals surface area contributed by atoms with Crippen LogP contribution in [0.5, 0.6) is 5.88 Å². The number of aromatic nitrogens is 4. The van der Waals surface area contributed by atoms with Gasteiger partial charge in [0.1, 0.15) is 21.5 Å². The molecule has 5 rings (SSSR count). The lowest BCUT2D eigenvalue weighted by atomic mass is 10.2. The molecule has 8 nitrogen and oxygen atoms in total. The Morgan fingerprint density at radius 2 is 1.65 bits per heavy atom. The zero-order chi connectivity index (χ0) is 26.4. The molecule has 0 aliphatic carbocycles. The molecule has 0 spiro atoms. The number of ether oxygens (including phenoxy) is 2. The maximum atomic E-state index is 12.3. The molecular weight excluding hydrogens is 599 g/mol. The number of halogens is 1. The van der Waals surface area contributed by atoms with E-state index in [9.17, 15) is 10.2 Å². The number of aliphatic hydroxyl groups excluding tert-OH is 2. The van der Waals surface area contributed by atoms with Crippen LogP contribution < -0.4 is 15.1 Å². The second-order valence-electron chi connectivity index (χ2n) is 10.4. The normalized spacial score (nSPS) is 21.3. The fourth-order valence-corrected chi connectivity index (χ4v) is 12.4. The Balaban J connectivity index is 1.60. The second-order valence-corrected chi connectivity index (χ2v) is 16.3. The Morgan fingerprint density at radius 3 is 2.19 bits per heavy atom. The molecule has 0 radical (unpaired) electrons. The third-order valence-electron chi connectivity index (χ3n) is 7.41. The fraction of sp³-hybridized carbons (Fsp3) is 0.370. The highest BCUT2D eigenvalue weighted by Gasteiger charge is 2.58. The summed E-state index contributed by atoms with van der Waals surface area (Å²) in [6.45, 7) is 6.52. The molecular formula is C27H31IN4O4Si. The number of hydrogen-bond donors (Lipinski definition) is 2. The molecule has 37 heavy (non-hydrogen) atoms. The van der Waals surface area contributed by atoms with Crippen molar-refractivity contribution in [2.24, 2.45) is 0 Å². The number of benzene rings is 2. The van der Waals surface area contributed by atoms with E-state index in [0.29, 0.717) is 20.6 Å². The largest absolute Gasteiger partial charge is 0.480 e. The van der Waals surface area contributed by atoms with Gasteiger partial charge in [-0.05, 0) is 27.6 Å². The summed E-state index contributed by atoms with van der Waals surface area (Å²) in [5.74, 6) is 0.433. The third-order valence-corrected chi connectivity index (χ3v) is 14.2. The van der Waals surface area contributed by atoms with E-state index in [1.54, 1.807) is 11.8 Å². The minimum absolute atomic E-state index is 0.277. The summed E-state index contributed by atoms with van der Waals surface area (Å²) in [7, 11) is -1.40. The van der Waals surface area contributed by atoms with Gasteiger partial charge in [-0.15, -0.1) is 0 Å². The molecule has 2 aromatic heterocycles. The minimum Gasteiger partial charge on any atom is -0.480 e. The zero-order valence-corrected chi connectivity index (χ0v) is 24.4. The zero-order valence-electron chi connectivity index (χ0n) is 21.2. The van der Waals surface area contributed by atoms with Gasteiger partial charge in [-0.2, -0.15) is 5.10 Å². The van der Waals surface area contributed by atoms with Crippen molar-refractivity contribution in [1.82, 2.24) is 19.7 Å². The number of hydrogen-bond acceptors (Lipinski definition) is 7. The summed E-state index contributed by atoms with van der Waals surface area (Å²) in [5, 5.41) is 30.9. The molecule has 1 aliphatic rings. The van der Waals surface area contributed by atoms with Crippen LogP contribution in [0.1, 0.15) is 33.4 Å². The van der Waals surface area contributed by atoms with E-state index in [4.69, 9.17) is 9.47 Å². The van der Waals surface area contributed by atoms with Gasteiger partial charge in [-0.1, -0.05) is 91.8 Å². The van der Waals surface area contributed by atoms with Gasteiger partial charge >= 0.3 is 0 Å². The van der Waals surface area contributed by atoms with Gasteiger partial charge in [0.2, 0.25) is 5.88 Å². The predicted octanol–water partition coefficient (Wildman–Crippen LogP) is 3.05. The van der Waals surface area contributed by atoms with Crippen LogP contribution in [-0.4, -0.2) is 63.1 Å². The molecule has 1 fully saturated rings. The average molecular weight is 631 g/mol. The first-order valence-electron chi connectivity index (χ1n) is 12.3. The molecule has 0 amide bonds. The SMILES string of the molecule is COc1ncnc2c1c(I)nn2[C@H]1C[C@H](O)[C@@H](C(O)[Si](c2ccccc2)(c2ccccc2)C(C)(C)C)O1. The molecule has 1 unspecified atom stereocenters. The summed E-state index contributed by atoms with van der Waals surface area (Å²) in [4.78, 5) is 8.62. The van der Waals surface area contributed by atoms with Gasteiger partial charge in [0.25, 0.3) is 0 Å². The van der Waals surface area contributed by atoms with Crippen molar-refractivity contribution in [3.05, 3.63) is 70.7 Å². The van der Waals surface area contributed by atoms with Crippen molar-refractivity contribution in [3.8, 4) is 5.88 Å². The van der Waals surface area contributed by atoms with E-state index >= 15 is 0 Å². The molecule has 0 saturated carbocycles. The predicted molar refractivity (Wildman–Crippen MR) is 153 cm³/mol. The van der Waals surface area contributed by atoms with Crippen molar-refractivity contribution in [3.63, 3.8) is 0 Å². The molecule has 194 valence electrons. The van der Waals surface area contributed by atoms with E-state index < -0.39 is 32.2 Å². The van der Waals surface area contributed by atoms with Crippen molar-refractivity contribution in [2.75, 3.05) is 7.11 Å². The van der Waals surface area contributed by atoms with Gasteiger partial charge in [-0.25, -0.2) is 14.6 Å². The minimum atomic E-state index is -2.96. The Hall–Kier alpha value is -2.38. The molecule has 10 heteroatoms. The van der Waals surface area contributed by atoms with Crippen LogP contribution in [0.15, 0.2) is 67.0 Å². The van der Waals surface area contributed by atoms with Gasteiger partial charge in [0.15, 0.2) is 19.9 Å².